The lowest BCUT2D eigenvalue weighted by Crippen LogP contribution is -2.03. The van der Waals surface area contributed by atoms with Gasteiger partial charge in [-0.15, -0.1) is 0 Å². The van der Waals surface area contributed by atoms with Crippen molar-refractivity contribution in [1.82, 2.24) is 0 Å². The van der Waals surface area contributed by atoms with Gasteiger partial charge >= 0.3 is 5.97 Å². The number of rotatable bonds is 4. The molecule has 0 aromatic heterocycles. The number of fused-ring (bicyclic) bond motifs is 1. The standard InChI is InChI=1S/C16H13NO4/c18-15-7-11-4-5-13(8-14(11)17-15)21-9-10-2-1-3-12(6-10)16(19)20/h1-6,8H,7,9H2,(H,17,18)(H,19,20). The first-order valence-corrected chi connectivity index (χ1v) is 6.49. The predicted octanol–water partition coefficient (Wildman–Crippen LogP) is 2.46. The number of amides is 1. The molecule has 0 bridgehead atoms. The lowest BCUT2D eigenvalue weighted by molar-refractivity contribution is -0.115. The molecular weight excluding hydrogens is 270 g/mol. The number of carboxylic acids is 1. The van der Waals surface area contributed by atoms with Crippen LogP contribution in [0.5, 0.6) is 5.75 Å². The van der Waals surface area contributed by atoms with Gasteiger partial charge in [0.05, 0.1) is 12.0 Å². The van der Waals surface area contributed by atoms with Crippen LogP contribution in [-0.4, -0.2) is 17.0 Å². The van der Waals surface area contributed by atoms with E-state index in [1.54, 1.807) is 24.3 Å². The van der Waals surface area contributed by atoms with Gasteiger partial charge in [-0.2, -0.15) is 0 Å². The Morgan fingerprint density at radius 3 is 2.90 bits per heavy atom. The smallest absolute Gasteiger partial charge is 0.335 e. The second-order valence-corrected chi connectivity index (χ2v) is 4.84. The highest BCUT2D eigenvalue weighted by atomic mass is 16.5. The first kappa shape index (κ1) is 13.2. The van der Waals surface area contributed by atoms with Crippen molar-refractivity contribution in [3.63, 3.8) is 0 Å². The van der Waals surface area contributed by atoms with Crippen LogP contribution in [0.25, 0.3) is 0 Å². The van der Waals surface area contributed by atoms with Crippen LogP contribution in [-0.2, 0) is 17.8 Å². The van der Waals surface area contributed by atoms with Gasteiger partial charge in [0.15, 0.2) is 0 Å². The van der Waals surface area contributed by atoms with E-state index in [2.05, 4.69) is 5.32 Å². The van der Waals surface area contributed by atoms with Gasteiger partial charge in [0, 0.05) is 11.8 Å². The monoisotopic (exact) mass is 283 g/mol. The fourth-order valence-corrected chi connectivity index (χ4v) is 2.24. The number of carbonyl (C=O) groups excluding carboxylic acids is 1. The van der Waals surface area contributed by atoms with Crippen molar-refractivity contribution in [3.05, 3.63) is 59.2 Å². The van der Waals surface area contributed by atoms with E-state index in [9.17, 15) is 9.59 Å². The Hall–Kier alpha value is -2.82. The number of nitrogens with one attached hydrogen (secondary N) is 1. The molecule has 0 atom stereocenters. The zero-order valence-electron chi connectivity index (χ0n) is 11.1. The third-order valence-corrected chi connectivity index (χ3v) is 3.29. The largest absolute Gasteiger partial charge is 0.489 e. The van der Waals surface area contributed by atoms with Gasteiger partial charge in [-0.25, -0.2) is 4.79 Å². The van der Waals surface area contributed by atoms with E-state index in [-0.39, 0.29) is 18.1 Å². The van der Waals surface area contributed by atoms with E-state index in [1.165, 1.54) is 6.07 Å². The second-order valence-electron chi connectivity index (χ2n) is 4.84. The minimum atomic E-state index is -0.961. The first-order valence-electron chi connectivity index (χ1n) is 6.49. The normalized spacial score (nSPS) is 12.7. The fraction of sp³-hybridized carbons (Fsp3) is 0.125. The summed E-state index contributed by atoms with van der Waals surface area (Å²) in [5.41, 5.74) is 2.74. The van der Waals surface area contributed by atoms with E-state index in [4.69, 9.17) is 9.84 Å². The summed E-state index contributed by atoms with van der Waals surface area (Å²) in [5.74, 6) is -0.343. The Labute approximate surface area is 121 Å². The second kappa shape index (κ2) is 5.28. The highest BCUT2D eigenvalue weighted by molar-refractivity contribution is 5.99. The maximum absolute atomic E-state index is 11.3. The van der Waals surface area contributed by atoms with Crippen molar-refractivity contribution in [2.75, 3.05) is 5.32 Å². The molecule has 0 aliphatic carbocycles. The molecule has 0 saturated carbocycles. The molecule has 1 aliphatic rings. The van der Waals surface area contributed by atoms with E-state index < -0.39 is 5.97 Å². The first-order chi connectivity index (χ1) is 10.1. The lowest BCUT2D eigenvalue weighted by Gasteiger charge is -2.08. The number of hydrogen-bond donors (Lipinski definition) is 2. The van der Waals surface area contributed by atoms with E-state index >= 15 is 0 Å². The molecule has 0 fully saturated rings. The molecule has 1 aliphatic heterocycles. The molecule has 3 rings (SSSR count). The summed E-state index contributed by atoms with van der Waals surface area (Å²) in [6, 6.07) is 12.1. The topological polar surface area (TPSA) is 75.6 Å². The van der Waals surface area contributed by atoms with Gasteiger partial charge in [0.25, 0.3) is 0 Å². The summed E-state index contributed by atoms with van der Waals surface area (Å²) in [6.07, 6.45) is 0.399. The number of hydrogen-bond acceptors (Lipinski definition) is 3. The van der Waals surface area contributed by atoms with Crippen LogP contribution in [0.1, 0.15) is 21.5 Å². The third-order valence-electron chi connectivity index (χ3n) is 3.29. The summed E-state index contributed by atoms with van der Waals surface area (Å²) in [5, 5.41) is 11.7. The van der Waals surface area contributed by atoms with E-state index in [0.717, 1.165) is 16.8 Å². The highest BCUT2D eigenvalue weighted by Gasteiger charge is 2.17. The van der Waals surface area contributed by atoms with Gasteiger partial charge in [0.1, 0.15) is 12.4 Å². The Bertz CT molecular complexity index is 724. The molecule has 5 nitrogen and oxygen atoms in total. The molecular formula is C16H13NO4. The Morgan fingerprint density at radius 2 is 2.10 bits per heavy atom. The molecule has 5 heteroatoms. The van der Waals surface area contributed by atoms with Gasteiger partial charge < -0.3 is 15.2 Å². The quantitative estimate of drug-likeness (QED) is 0.903. The van der Waals surface area contributed by atoms with Crippen LogP contribution in [0.3, 0.4) is 0 Å². The molecule has 2 aromatic carbocycles. The molecule has 2 N–H and O–H groups in total. The SMILES string of the molecule is O=C1Cc2ccc(OCc3cccc(C(=O)O)c3)cc2N1. The maximum Gasteiger partial charge on any atom is 0.335 e. The summed E-state index contributed by atoms with van der Waals surface area (Å²) in [4.78, 5) is 22.2. The Kier molecular flexibility index (Phi) is 3.31. The van der Waals surface area contributed by atoms with Crippen LogP contribution in [0.4, 0.5) is 5.69 Å². The molecule has 1 amide bonds. The average molecular weight is 283 g/mol. The van der Waals surface area contributed by atoms with Gasteiger partial charge in [0.2, 0.25) is 5.91 Å². The number of anilines is 1. The Morgan fingerprint density at radius 1 is 1.24 bits per heavy atom. The van der Waals surface area contributed by atoms with Crippen LogP contribution in [0.15, 0.2) is 42.5 Å². The summed E-state index contributed by atoms with van der Waals surface area (Å²) >= 11 is 0. The lowest BCUT2D eigenvalue weighted by atomic mass is 10.1. The summed E-state index contributed by atoms with van der Waals surface area (Å²) in [6.45, 7) is 0.272. The zero-order valence-corrected chi connectivity index (χ0v) is 11.1. The minimum absolute atomic E-state index is 0.0173. The van der Waals surface area contributed by atoms with Crippen molar-refractivity contribution < 1.29 is 19.4 Å². The van der Waals surface area contributed by atoms with E-state index in [1.807, 2.05) is 12.1 Å². The zero-order chi connectivity index (χ0) is 14.8. The number of carbonyl (C=O) groups is 2. The summed E-state index contributed by atoms with van der Waals surface area (Å²) < 4.78 is 5.64. The van der Waals surface area contributed by atoms with Gasteiger partial charge in [-0.3, -0.25) is 4.79 Å². The molecule has 0 radical (unpaired) electrons. The molecule has 0 spiro atoms. The van der Waals surface area contributed by atoms with Crippen LogP contribution in [0, 0.1) is 0 Å². The predicted molar refractivity (Wildman–Crippen MR) is 76.5 cm³/mol. The van der Waals surface area contributed by atoms with Crippen molar-refractivity contribution in [2.24, 2.45) is 0 Å². The molecule has 106 valence electrons. The third kappa shape index (κ3) is 2.86. The number of ether oxygens (including phenoxy) is 1. The molecule has 1 heterocycles. The van der Waals surface area contributed by atoms with Crippen LogP contribution >= 0.6 is 0 Å². The number of carboxylic acid groups (broad SMARTS) is 1. The minimum Gasteiger partial charge on any atom is -0.489 e. The summed E-state index contributed by atoms with van der Waals surface area (Å²) in [7, 11) is 0. The maximum atomic E-state index is 11.3. The van der Waals surface area contributed by atoms with Gasteiger partial charge in [-0.05, 0) is 29.3 Å². The van der Waals surface area contributed by atoms with Crippen molar-refractivity contribution >= 4 is 17.6 Å². The van der Waals surface area contributed by atoms with Gasteiger partial charge in [-0.1, -0.05) is 18.2 Å². The van der Waals surface area contributed by atoms with Crippen LogP contribution in [0.2, 0.25) is 0 Å². The number of aromatic carboxylic acids is 1. The average Bonchev–Trinajstić information content (AvgIpc) is 2.84. The molecule has 2 aromatic rings. The molecule has 21 heavy (non-hydrogen) atoms. The highest BCUT2D eigenvalue weighted by Crippen LogP contribution is 2.27. The van der Waals surface area contributed by atoms with Crippen molar-refractivity contribution in [3.8, 4) is 5.75 Å². The van der Waals surface area contributed by atoms with E-state index in [0.29, 0.717) is 12.2 Å². The fourth-order valence-electron chi connectivity index (χ4n) is 2.24. The number of benzene rings is 2. The Balaban J connectivity index is 1.71. The molecule has 0 unspecified atom stereocenters. The van der Waals surface area contributed by atoms with Crippen LogP contribution < -0.4 is 10.1 Å². The van der Waals surface area contributed by atoms with Crippen molar-refractivity contribution in [2.45, 2.75) is 13.0 Å². The molecule has 0 saturated heterocycles. The van der Waals surface area contributed by atoms with Crippen molar-refractivity contribution in [1.29, 1.82) is 0 Å².